The van der Waals surface area contributed by atoms with E-state index >= 15 is 0 Å². The van der Waals surface area contributed by atoms with Crippen molar-refractivity contribution in [2.75, 3.05) is 0 Å². The zero-order valence-corrected chi connectivity index (χ0v) is 8.51. The molecule has 0 saturated heterocycles. The van der Waals surface area contributed by atoms with Gasteiger partial charge in [-0.2, -0.15) is 0 Å². The summed E-state index contributed by atoms with van der Waals surface area (Å²) in [6.07, 6.45) is 1.99. The van der Waals surface area contributed by atoms with Gasteiger partial charge in [-0.3, -0.25) is 0 Å². The molecule has 5 nitrogen and oxygen atoms in total. The summed E-state index contributed by atoms with van der Waals surface area (Å²) in [5.74, 6) is -1.30. The lowest BCUT2D eigenvalue weighted by atomic mass is 10.2. The first-order valence-electron chi connectivity index (χ1n) is 4.87. The molecule has 1 aliphatic rings. The fourth-order valence-corrected chi connectivity index (χ4v) is 1.56. The van der Waals surface area contributed by atoms with Gasteiger partial charge in [0, 0.05) is 12.2 Å². The average Bonchev–Trinajstić information content (AvgIpc) is 2.63. The molecule has 0 amide bonds. The molecule has 0 saturated carbocycles. The Hall–Kier alpha value is -2.56. The molecule has 0 N–H and O–H groups in total. The van der Waals surface area contributed by atoms with Crippen molar-refractivity contribution in [2.24, 2.45) is 0 Å². The summed E-state index contributed by atoms with van der Waals surface area (Å²) >= 11 is 0. The first-order chi connectivity index (χ1) is 8.24. The minimum Gasteiger partial charge on any atom is -0.422 e. The van der Waals surface area contributed by atoms with E-state index in [1.807, 2.05) is 0 Å². The van der Waals surface area contributed by atoms with Crippen LogP contribution in [0.2, 0.25) is 0 Å². The minimum atomic E-state index is -0.679. The summed E-state index contributed by atoms with van der Waals surface area (Å²) in [5.41, 5.74) is 0.486. The van der Waals surface area contributed by atoms with E-state index < -0.39 is 11.9 Å². The van der Waals surface area contributed by atoms with Gasteiger partial charge in [0.1, 0.15) is 5.58 Å². The first kappa shape index (κ1) is 9.65. The van der Waals surface area contributed by atoms with Crippen LogP contribution in [-0.4, -0.2) is 11.9 Å². The molecule has 17 heavy (non-hydrogen) atoms. The molecule has 3 rings (SSSR count). The highest BCUT2D eigenvalue weighted by Crippen LogP contribution is 2.39. The number of hydrogen-bond acceptors (Lipinski definition) is 5. The van der Waals surface area contributed by atoms with Crippen LogP contribution in [-0.2, 0) is 9.59 Å². The predicted molar refractivity (Wildman–Crippen MR) is 56.6 cm³/mol. The third-order valence-corrected chi connectivity index (χ3v) is 2.27. The Bertz CT molecular complexity index is 650. The van der Waals surface area contributed by atoms with Gasteiger partial charge in [-0.05, 0) is 12.1 Å². The molecule has 0 radical (unpaired) electrons. The van der Waals surface area contributed by atoms with Crippen LogP contribution in [0.5, 0.6) is 11.7 Å². The van der Waals surface area contributed by atoms with E-state index in [1.54, 1.807) is 24.3 Å². The summed E-state index contributed by atoms with van der Waals surface area (Å²) in [5, 5.41) is 0.582. The second-order valence-electron chi connectivity index (χ2n) is 3.39. The van der Waals surface area contributed by atoms with Crippen LogP contribution in [0.4, 0.5) is 0 Å². The lowest BCUT2D eigenvalue weighted by Crippen LogP contribution is -2.12. The Morgan fingerprint density at radius 2 is 1.59 bits per heavy atom. The van der Waals surface area contributed by atoms with E-state index in [1.165, 1.54) is 0 Å². The normalized spacial score (nSPS) is 16.7. The molecular formula is C12H6O5. The van der Waals surface area contributed by atoms with Gasteiger partial charge in [0.2, 0.25) is 5.75 Å². The summed E-state index contributed by atoms with van der Waals surface area (Å²) in [6, 6.07) is 6.93. The van der Waals surface area contributed by atoms with Gasteiger partial charge >= 0.3 is 17.9 Å². The van der Waals surface area contributed by atoms with E-state index in [0.29, 0.717) is 11.0 Å². The molecule has 84 valence electrons. The molecule has 5 heteroatoms. The van der Waals surface area contributed by atoms with Gasteiger partial charge in [-0.25, -0.2) is 9.59 Å². The van der Waals surface area contributed by atoms with Crippen LogP contribution < -0.4 is 9.47 Å². The molecule has 0 bridgehead atoms. The SMILES string of the molecule is O=C1/C=C\C(=O)Oc2c(oc3ccccc23)O1. The van der Waals surface area contributed by atoms with Crippen molar-refractivity contribution < 1.29 is 23.5 Å². The number of rotatable bonds is 0. The van der Waals surface area contributed by atoms with E-state index in [2.05, 4.69) is 0 Å². The van der Waals surface area contributed by atoms with E-state index in [9.17, 15) is 9.59 Å². The standard InChI is InChI=1S/C12H6O5/c13-9-5-6-10(14)17-12-11(16-9)7-3-1-2-4-8(7)15-12/h1-6H/b6-5-. The molecule has 2 aromatic rings. The number of carbonyl (C=O) groups is 2. The quantitative estimate of drug-likeness (QED) is 0.646. The molecular weight excluding hydrogens is 224 g/mol. The van der Waals surface area contributed by atoms with Crippen molar-refractivity contribution in [1.82, 2.24) is 0 Å². The maximum atomic E-state index is 11.3. The van der Waals surface area contributed by atoms with E-state index in [4.69, 9.17) is 13.9 Å². The topological polar surface area (TPSA) is 65.7 Å². The number of furan rings is 1. The third kappa shape index (κ3) is 1.57. The summed E-state index contributed by atoms with van der Waals surface area (Å²) < 4.78 is 15.2. The number of benzene rings is 1. The van der Waals surface area contributed by atoms with Crippen LogP contribution in [0.1, 0.15) is 0 Å². The molecule has 1 aromatic carbocycles. The van der Waals surface area contributed by atoms with Crippen molar-refractivity contribution in [3.05, 3.63) is 36.4 Å². The fraction of sp³-hybridized carbons (Fsp3) is 0. The van der Waals surface area contributed by atoms with Crippen molar-refractivity contribution >= 4 is 22.9 Å². The van der Waals surface area contributed by atoms with Gasteiger partial charge in [0.15, 0.2) is 0 Å². The number of carbonyl (C=O) groups excluding carboxylic acids is 2. The van der Waals surface area contributed by atoms with Crippen LogP contribution in [0.25, 0.3) is 11.0 Å². The molecule has 0 fully saturated rings. The maximum absolute atomic E-state index is 11.3. The average molecular weight is 230 g/mol. The van der Waals surface area contributed by atoms with Crippen LogP contribution in [0, 0.1) is 0 Å². The largest absolute Gasteiger partial charge is 0.422 e. The highest BCUT2D eigenvalue weighted by Gasteiger charge is 2.23. The maximum Gasteiger partial charge on any atom is 0.338 e. The van der Waals surface area contributed by atoms with Crippen LogP contribution in [0.3, 0.4) is 0 Å². The lowest BCUT2D eigenvalue weighted by molar-refractivity contribution is -0.134. The fourth-order valence-electron chi connectivity index (χ4n) is 1.56. The minimum absolute atomic E-state index is 0.103. The van der Waals surface area contributed by atoms with Gasteiger partial charge in [-0.1, -0.05) is 12.1 Å². The summed E-state index contributed by atoms with van der Waals surface area (Å²) in [4.78, 5) is 22.6. The Morgan fingerprint density at radius 3 is 2.41 bits per heavy atom. The predicted octanol–water partition coefficient (Wildman–Crippen LogP) is 1.81. The molecule has 0 atom stereocenters. The molecule has 2 heterocycles. The summed E-state index contributed by atoms with van der Waals surface area (Å²) in [7, 11) is 0. The number of para-hydroxylation sites is 1. The first-order valence-corrected chi connectivity index (χ1v) is 4.87. The molecule has 0 aliphatic carbocycles. The second-order valence-corrected chi connectivity index (χ2v) is 3.39. The Kier molecular flexibility index (Phi) is 1.98. The molecule has 1 aliphatic heterocycles. The number of esters is 2. The molecule has 1 aromatic heterocycles. The van der Waals surface area contributed by atoms with Crippen molar-refractivity contribution in [3.63, 3.8) is 0 Å². The Balaban J connectivity index is 2.23. The van der Waals surface area contributed by atoms with Crippen molar-refractivity contribution in [3.8, 4) is 11.7 Å². The van der Waals surface area contributed by atoms with Gasteiger partial charge in [-0.15, -0.1) is 0 Å². The Morgan fingerprint density at radius 1 is 0.882 bits per heavy atom. The van der Waals surface area contributed by atoms with E-state index in [0.717, 1.165) is 12.2 Å². The van der Waals surface area contributed by atoms with Crippen LogP contribution in [0.15, 0.2) is 40.8 Å². The molecule has 0 unspecified atom stereocenters. The summed E-state index contributed by atoms with van der Waals surface area (Å²) in [6.45, 7) is 0. The number of fused-ring (bicyclic) bond motifs is 3. The van der Waals surface area contributed by atoms with Crippen molar-refractivity contribution in [2.45, 2.75) is 0 Å². The second kappa shape index (κ2) is 3.48. The van der Waals surface area contributed by atoms with E-state index in [-0.39, 0.29) is 11.7 Å². The lowest BCUT2D eigenvalue weighted by Gasteiger charge is -2.04. The smallest absolute Gasteiger partial charge is 0.338 e. The van der Waals surface area contributed by atoms with Gasteiger partial charge in [0.25, 0.3) is 0 Å². The number of hydrogen-bond donors (Lipinski definition) is 0. The Labute approximate surface area is 95.2 Å². The van der Waals surface area contributed by atoms with Gasteiger partial charge < -0.3 is 13.9 Å². The van der Waals surface area contributed by atoms with Gasteiger partial charge in [0.05, 0.1) is 5.39 Å². The third-order valence-electron chi connectivity index (χ3n) is 2.27. The zero-order chi connectivity index (χ0) is 11.8. The highest BCUT2D eigenvalue weighted by atomic mass is 16.6. The molecule has 0 spiro atoms. The zero-order valence-electron chi connectivity index (χ0n) is 8.51. The monoisotopic (exact) mass is 230 g/mol. The number of ether oxygens (including phenoxy) is 2. The highest BCUT2D eigenvalue weighted by molar-refractivity contribution is 5.98. The van der Waals surface area contributed by atoms with Crippen LogP contribution >= 0.6 is 0 Å². The van der Waals surface area contributed by atoms with Crippen molar-refractivity contribution in [1.29, 1.82) is 0 Å².